The summed E-state index contributed by atoms with van der Waals surface area (Å²) in [5.74, 6) is 0.786. The van der Waals surface area contributed by atoms with Crippen LogP contribution in [0.15, 0.2) is 24.3 Å². The molecule has 1 aromatic carbocycles. The van der Waals surface area contributed by atoms with Crippen molar-refractivity contribution in [1.82, 2.24) is 0 Å². The van der Waals surface area contributed by atoms with Crippen LogP contribution in [-0.4, -0.2) is 24.3 Å². The molecular weight excluding hydrogens is 282 g/mol. The highest BCUT2D eigenvalue weighted by Crippen LogP contribution is 2.36. The highest BCUT2D eigenvalue weighted by atomic mass is 32.1. The second kappa shape index (κ2) is 7.23. The molecule has 2 rings (SSSR count). The van der Waals surface area contributed by atoms with E-state index >= 15 is 0 Å². The van der Waals surface area contributed by atoms with E-state index in [0.29, 0.717) is 29.7 Å². The zero-order valence-corrected chi connectivity index (χ0v) is 13.7. The number of ether oxygens (including phenoxy) is 2. The Morgan fingerprint density at radius 1 is 1.29 bits per heavy atom. The zero-order valence-electron chi connectivity index (χ0n) is 12.9. The van der Waals surface area contributed by atoms with Gasteiger partial charge in [0.2, 0.25) is 0 Å². The largest absolute Gasteiger partial charge is 0.491 e. The SMILES string of the molecule is CC1(C)CCC(OCCOc2cccc(C(N)=S)c2)CC1. The van der Waals surface area contributed by atoms with Crippen LogP contribution in [-0.2, 0) is 4.74 Å². The maximum absolute atomic E-state index is 5.90. The van der Waals surface area contributed by atoms with Gasteiger partial charge in [-0.25, -0.2) is 0 Å². The molecular formula is C17H25NO2S. The highest BCUT2D eigenvalue weighted by molar-refractivity contribution is 7.80. The van der Waals surface area contributed by atoms with Gasteiger partial charge in [0.05, 0.1) is 12.7 Å². The molecule has 1 saturated carbocycles. The van der Waals surface area contributed by atoms with E-state index < -0.39 is 0 Å². The molecule has 4 heteroatoms. The Hall–Kier alpha value is -1.13. The van der Waals surface area contributed by atoms with Crippen LogP contribution in [0.1, 0.15) is 45.1 Å². The molecule has 0 atom stereocenters. The molecule has 0 aliphatic heterocycles. The Morgan fingerprint density at radius 3 is 2.67 bits per heavy atom. The number of hydrogen-bond acceptors (Lipinski definition) is 3. The summed E-state index contributed by atoms with van der Waals surface area (Å²) in [6.45, 7) is 5.85. The molecule has 0 spiro atoms. The summed E-state index contributed by atoms with van der Waals surface area (Å²) < 4.78 is 11.6. The lowest BCUT2D eigenvalue weighted by Gasteiger charge is -2.34. The normalized spacial score (nSPS) is 18.4. The van der Waals surface area contributed by atoms with Crippen LogP contribution in [0.3, 0.4) is 0 Å². The van der Waals surface area contributed by atoms with E-state index in [9.17, 15) is 0 Å². The van der Waals surface area contributed by atoms with Crippen molar-refractivity contribution in [3.8, 4) is 5.75 Å². The Kier molecular flexibility index (Phi) is 5.59. The van der Waals surface area contributed by atoms with Crippen molar-refractivity contribution in [3.63, 3.8) is 0 Å². The predicted molar refractivity (Wildman–Crippen MR) is 89.8 cm³/mol. The average molecular weight is 307 g/mol. The van der Waals surface area contributed by atoms with Gasteiger partial charge in [0.1, 0.15) is 17.3 Å². The molecule has 1 aromatic rings. The molecule has 0 unspecified atom stereocenters. The van der Waals surface area contributed by atoms with Crippen LogP contribution < -0.4 is 10.5 Å². The van der Waals surface area contributed by atoms with Gasteiger partial charge in [-0.1, -0.05) is 38.2 Å². The Labute approximate surface area is 132 Å². The monoisotopic (exact) mass is 307 g/mol. The predicted octanol–water partition coefficient (Wildman–Crippen LogP) is 3.69. The van der Waals surface area contributed by atoms with Gasteiger partial charge in [-0.15, -0.1) is 0 Å². The van der Waals surface area contributed by atoms with Gasteiger partial charge in [0, 0.05) is 5.56 Å². The van der Waals surface area contributed by atoms with Gasteiger partial charge < -0.3 is 15.2 Å². The van der Waals surface area contributed by atoms with E-state index in [4.69, 9.17) is 27.4 Å². The Balaban J connectivity index is 1.68. The summed E-state index contributed by atoms with van der Waals surface area (Å²) >= 11 is 4.96. The molecule has 2 N–H and O–H groups in total. The number of rotatable bonds is 6. The van der Waals surface area contributed by atoms with Crippen molar-refractivity contribution in [2.75, 3.05) is 13.2 Å². The van der Waals surface area contributed by atoms with Crippen molar-refractivity contribution < 1.29 is 9.47 Å². The second-order valence-electron chi connectivity index (χ2n) is 6.47. The van der Waals surface area contributed by atoms with Crippen LogP contribution in [0.2, 0.25) is 0 Å². The van der Waals surface area contributed by atoms with Crippen LogP contribution >= 0.6 is 12.2 Å². The van der Waals surface area contributed by atoms with Gasteiger partial charge in [0.15, 0.2) is 0 Å². The van der Waals surface area contributed by atoms with E-state index in [2.05, 4.69) is 13.8 Å². The highest BCUT2D eigenvalue weighted by Gasteiger charge is 2.26. The minimum absolute atomic E-state index is 0.390. The van der Waals surface area contributed by atoms with Gasteiger partial charge in [-0.2, -0.15) is 0 Å². The average Bonchev–Trinajstić information content (AvgIpc) is 2.45. The van der Waals surface area contributed by atoms with Gasteiger partial charge >= 0.3 is 0 Å². The van der Waals surface area contributed by atoms with Crippen LogP contribution in [0.4, 0.5) is 0 Å². The van der Waals surface area contributed by atoms with Gasteiger partial charge in [0.25, 0.3) is 0 Å². The smallest absolute Gasteiger partial charge is 0.120 e. The third-order valence-electron chi connectivity index (χ3n) is 4.11. The fourth-order valence-corrected chi connectivity index (χ4v) is 2.78. The minimum atomic E-state index is 0.390. The van der Waals surface area contributed by atoms with Gasteiger partial charge in [-0.05, 0) is 43.2 Å². The lowest BCUT2D eigenvalue weighted by molar-refractivity contribution is -0.00732. The maximum Gasteiger partial charge on any atom is 0.120 e. The molecule has 0 saturated heterocycles. The minimum Gasteiger partial charge on any atom is -0.491 e. The van der Waals surface area contributed by atoms with Crippen molar-refractivity contribution in [1.29, 1.82) is 0 Å². The number of thiocarbonyl (C=S) groups is 1. The van der Waals surface area contributed by atoms with E-state index in [1.165, 1.54) is 12.8 Å². The molecule has 3 nitrogen and oxygen atoms in total. The molecule has 0 aromatic heterocycles. The molecule has 1 aliphatic carbocycles. The molecule has 0 amide bonds. The fourth-order valence-electron chi connectivity index (χ4n) is 2.65. The maximum atomic E-state index is 5.90. The summed E-state index contributed by atoms with van der Waals surface area (Å²) in [6.07, 6.45) is 5.20. The second-order valence-corrected chi connectivity index (χ2v) is 6.91. The third-order valence-corrected chi connectivity index (χ3v) is 4.35. The standard InChI is InChI=1S/C17H25NO2S/c1-17(2)8-6-14(7-9-17)19-10-11-20-15-5-3-4-13(12-15)16(18)21/h3-5,12,14H,6-11H2,1-2H3,(H2,18,21). The summed E-state index contributed by atoms with van der Waals surface area (Å²) in [7, 11) is 0. The summed E-state index contributed by atoms with van der Waals surface area (Å²) in [5, 5.41) is 0. The molecule has 116 valence electrons. The van der Waals surface area contributed by atoms with Crippen LogP contribution in [0, 0.1) is 5.41 Å². The molecule has 0 radical (unpaired) electrons. The molecule has 0 bridgehead atoms. The Morgan fingerprint density at radius 2 is 2.00 bits per heavy atom. The van der Waals surface area contributed by atoms with Crippen molar-refractivity contribution in [3.05, 3.63) is 29.8 Å². The van der Waals surface area contributed by atoms with Crippen LogP contribution in [0.5, 0.6) is 5.75 Å². The van der Waals surface area contributed by atoms with Crippen molar-refractivity contribution in [2.24, 2.45) is 11.1 Å². The van der Waals surface area contributed by atoms with E-state index in [1.807, 2.05) is 24.3 Å². The molecule has 1 fully saturated rings. The molecule has 21 heavy (non-hydrogen) atoms. The Bertz CT molecular complexity index is 477. The number of nitrogens with two attached hydrogens (primary N) is 1. The van der Waals surface area contributed by atoms with Crippen LogP contribution in [0.25, 0.3) is 0 Å². The third kappa shape index (κ3) is 5.29. The van der Waals surface area contributed by atoms with Crippen molar-refractivity contribution >= 4 is 17.2 Å². The first kappa shape index (κ1) is 16.2. The first-order valence-electron chi connectivity index (χ1n) is 7.60. The van der Waals surface area contributed by atoms with Gasteiger partial charge in [-0.3, -0.25) is 0 Å². The molecule has 1 aliphatic rings. The first-order valence-corrected chi connectivity index (χ1v) is 8.01. The van der Waals surface area contributed by atoms with E-state index in [0.717, 1.165) is 24.2 Å². The molecule has 0 heterocycles. The number of hydrogen-bond donors (Lipinski definition) is 1. The summed E-state index contributed by atoms with van der Waals surface area (Å²) in [4.78, 5) is 0.390. The summed E-state index contributed by atoms with van der Waals surface area (Å²) in [6, 6.07) is 7.56. The fraction of sp³-hybridized carbons (Fsp3) is 0.588. The van der Waals surface area contributed by atoms with Crippen molar-refractivity contribution in [2.45, 2.75) is 45.6 Å². The van der Waals surface area contributed by atoms with E-state index in [-0.39, 0.29) is 0 Å². The topological polar surface area (TPSA) is 44.5 Å². The lowest BCUT2D eigenvalue weighted by Crippen LogP contribution is -2.27. The number of benzene rings is 1. The summed E-state index contributed by atoms with van der Waals surface area (Å²) in [5.41, 5.74) is 6.92. The first-order chi connectivity index (χ1) is 9.96. The zero-order chi connectivity index (χ0) is 15.3. The quantitative estimate of drug-likeness (QED) is 0.643. The lowest BCUT2D eigenvalue weighted by atomic mass is 9.76. The van der Waals surface area contributed by atoms with E-state index in [1.54, 1.807) is 0 Å².